The predicted molar refractivity (Wildman–Crippen MR) is 130 cm³/mol. The van der Waals surface area contributed by atoms with E-state index in [1.165, 1.54) is 12.8 Å². The van der Waals surface area contributed by atoms with Crippen LogP contribution in [0, 0.1) is 0 Å². The molecule has 2 fully saturated rings. The van der Waals surface area contributed by atoms with Gasteiger partial charge in [-0.05, 0) is 81.1 Å². The number of methoxy groups -OCH3 is 1. The van der Waals surface area contributed by atoms with Gasteiger partial charge in [-0.1, -0.05) is 6.08 Å². The fourth-order valence-corrected chi connectivity index (χ4v) is 5.31. The van der Waals surface area contributed by atoms with Crippen molar-refractivity contribution in [2.75, 3.05) is 7.11 Å². The maximum atomic E-state index is 13.2. The van der Waals surface area contributed by atoms with Crippen LogP contribution < -0.4 is 5.32 Å². The molecule has 1 N–H and O–H groups in total. The van der Waals surface area contributed by atoms with Gasteiger partial charge in [-0.2, -0.15) is 5.10 Å². The van der Waals surface area contributed by atoms with Crippen LogP contribution in [0.15, 0.2) is 36.8 Å². The zero-order valence-electron chi connectivity index (χ0n) is 19.7. The number of nitrogens with one attached hydrogen (secondary N) is 1. The summed E-state index contributed by atoms with van der Waals surface area (Å²) in [4.78, 5) is 22.8. The van der Waals surface area contributed by atoms with E-state index in [2.05, 4.69) is 28.6 Å². The van der Waals surface area contributed by atoms with Crippen LogP contribution in [0.2, 0.25) is 0 Å². The molecule has 3 aliphatic carbocycles. The maximum Gasteiger partial charge on any atom is 0.255 e. The summed E-state index contributed by atoms with van der Waals surface area (Å²) in [7, 11) is 1.76. The van der Waals surface area contributed by atoms with Gasteiger partial charge in [0, 0.05) is 37.0 Å². The predicted octanol–water partition coefficient (Wildman–Crippen LogP) is 4.46. The number of nitrogens with zero attached hydrogens (tertiary/aromatic N) is 4. The van der Waals surface area contributed by atoms with E-state index in [1.54, 1.807) is 17.8 Å². The first-order chi connectivity index (χ1) is 16.7. The van der Waals surface area contributed by atoms with Crippen molar-refractivity contribution in [2.45, 2.75) is 75.9 Å². The molecule has 3 aromatic heterocycles. The van der Waals surface area contributed by atoms with E-state index in [0.717, 1.165) is 78.7 Å². The van der Waals surface area contributed by atoms with E-state index in [0.29, 0.717) is 17.6 Å². The second-order valence-electron chi connectivity index (χ2n) is 9.86. The number of allylic oxidation sites excluding steroid dienone is 1. The van der Waals surface area contributed by atoms with E-state index in [4.69, 9.17) is 14.7 Å². The molecule has 3 heterocycles. The third-order valence-corrected chi connectivity index (χ3v) is 7.51. The van der Waals surface area contributed by atoms with Crippen LogP contribution >= 0.6 is 0 Å². The minimum Gasteiger partial charge on any atom is -0.381 e. The van der Waals surface area contributed by atoms with Crippen molar-refractivity contribution >= 4 is 17.0 Å². The standard InChI is InChI=1S/C27H31N5O2/c1-34-20-10-8-19(9-11-20)30-27(33)23-16-29-32-13-12-18(14-25(23)32)21-4-2-3-5-24-22(21)15-28-26(31-24)17-6-7-17/h4,12-17,19-20H,2-3,5-11H2,1H3,(H,30,33). The molecule has 0 spiro atoms. The second-order valence-corrected chi connectivity index (χ2v) is 9.86. The Balaban J connectivity index is 1.28. The van der Waals surface area contributed by atoms with Crippen LogP contribution in [0.4, 0.5) is 0 Å². The first-order valence-electron chi connectivity index (χ1n) is 12.6. The Morgan fingerprint density at radius 3 is 2.79 bits per heavy atom. The summed E-state index contributed by atoms with van der Waals surface area (Å²) in [5.41, 5.74) is 5.94. The summed E-state index contributed by atoms with van der Waals surface area (Å²) in [6.07, 6.45) is 17.6. The third kappa shape index (κ3) is 4.13. The number of hydrogen-bond donors (Lipinski definition) is 1. The van der Waals surface area contributed by atoms with Crippen LogP contribution in [0.5, 0.6) is 0 Å². The fraction of sp³-hybridized carbons (Fsp3) is 0.481. The largest absolute Gasteiger partial charge is 0.381 e. The summed E-state index contributed by atoms with van der Waals surface area (Å²) in [6.45, 7) is 0. The van der Waals surface area contributed by atoms with Gasteiger partial charge in [-0.3, -0.25) is 4.79 Å². The van der Waals surface area contributed by atoms with Crippen LogP contribution in [-0.2, 0) is 11.2 Å². The van der Waals surface area contributed by atoms with Crippen molar-refractivity contribution < 1.29 is 9.53 Å². The normalized spacial score (nSPS) is 22.7. The van der Waals surface area contributed by atoms with Crippen molar-refractivity contribution in [1.82, 2.24) is 24.9 Å². The molecule has 0 aromatic carbocycles. The second kappa shape index (κ2) is 8.95. The number of aromatic nitrogens is 4. The zero-order valence-corrected chi connectivity index (χ0v) is 19.7. The van der Waals surface area contributed by atoms with E-state index in [9.17, 15) is 4.79 Å². The maximum absolute atomic E-state index is 13.2. The van der Waals surface area contributed by atoms with Crippen LogP contribution in [-0.4, -0.2) is 44.7 Å². The zero-order chi connectivity index (χ0) is 23.1. The molecule has 1 amide bonds. The first kappa shape index (κ1) is 21.5. The number of aryl methyl sites for hydroxylation is 1. The Bertz CT molecular complexity index is 1250. The van der Waals surface area contributed by atoms with Crippen molar-refractivity contribution in [2.24, 2.45) is 0 Å². The van der Waals surface area contributed by atoms with Gasteiger partial charge in [0.1, 0.15) is 5.82 Å². The monoisotopic (exact) mass is 457 g/mol. The van der Waals surface area contributed by atoms with E-state index < -0.39 is 0 Å². The highest BCUT2D eigenvalue weighted by molar-refractivity contribution is 6.01. The lowest BCUT2D eigenvalue weighted by atomic mass is 9.93. The van der Waals surface area contributed by atoms with Crippen molar-refractivity contribution in [3.8, 4) is 0 Å². The molecule has 0 saturated heterocycles. The molecule has 3 aromatic rings. The Morgan fingerprint density at radius 1 is 1.15 bits per heavy atom. The summed E-state index contributed by atoms with van der Waals surface area (Å²) >= 11 is 0. The molecule has 0 unspecified atom stereocenters. The van der Waals surface area contributed by atoms with Crippen molar-refractivity contribution in [1.29, 1.82) is 0 Å². The molecule has 0 radical (unpaired) electrons. The number of carbonyl (C=O) groups excluding carboxylic acids is 1. The van der Waals surface area contributed by atoms with E-state index >= 15 is 0 Å². The minimum absolute atomic E-state index is 0.0549. The number of amides is 1. The Kier molecular flexibility index (Phi) is 5.65. The number of ether oxygens (including phenoxy) is 1. The number of pyridine rings is 1. The van der Waals surface area contributed by atoms with Crippen molar-refractivity contribution in [3.05, 3.63) is 65.0 Å². The molecular formula is C27H31N5O2. The Hall–Kier alpha value is -3.06. The number of rotatable bonds is 5. The van der Waals surface area contributed by atoms with Gasteiger partial charge in [0.2, 0.25) is 0 Å². The minimum atomic E-state index is -0.0549. The quantitative estimate of drug-likeness (QED) is 0.612. The Labute approximate surface area is 199 Å². The lowest BCUT2D eigenvalue weighted by Gasteiger charge is -2.28. The van der Waals surface area contributed by atoms with Crippen molar-refractivity contribution in [3.63, 3.8) is 0 Å². The molecule has 176 valence electrons. The van der Waals surface area contributed by atoms with Gasteiger partial charge in [0.05, 0.1) is 29.1 Å². The molecule has 0 bridgehead atoms. The average molecular weight is 458 g/mol. The smallest absolute Gasteiger partial charge is 0.255 e. The van der Waals surface area contributed by atoms with Crippen LogP contribution in [0.3, 0.4) is 0 Å². The summed E-state index contributed by atoms with van der Waals surface area (Å²) in [5.74, 6) is 1.50. The van der Waals surface area contributed by atoms with Gasteiger partial charge in [0.25, 0.3) is 5.91 Å². The van der Waals surface area contributed by atoms with Gasteiger partial charge < -0.3 is 10.1 Å². The number of carbonyl (C=O) groups is 1. The molecule has 3 aliphatic rings. The molecule has 2 saturated carbocycles. The van der Waals surface area contributed by atoms with Crippen LogP contribution in [0.25, 0.3) is 11.1 Å². The molecule has 34 heavy (non-hydrogen) atoms. The highest BCUT2D eigenvalue weighted by Crippen LogP contribution is 2.39. The molecular weight excluding hydrogens is 426 g/mol. The number of fused-ring (bicyclic) bond motifs is 2. The lowest BCUT2D eigenvalue weighted by molar-refractivity contribution is 0.0599. The van der Waals surface area contributed by atoms with Gasteiger partial charge in [-0.25, -0.2) is 14.5 Å². The molecule has 0 atom stereocenters. The average Bonchev–Trinajstić information content (AvgIpc) is 3.66. The summed E-state index contributed by atoms with van der Waals surface area (Å²) in [6, 6.07) is 4.34. The molecule has 7 heteroatoms. The van der Waals surface area contributed by atoms with Gasteiger partial charge in [-0.15, -0.1) is 0 Å². The molecule has 7 nitrogen and oxygen atoms in total. The molecule has 6 rings (SSSR count). The fourth-order valence-electron chi connectivity index (χ4n) is 5.31. The van der Waals surface area contributed by atoms with E-state index in [-0.39, 0.29) is 11.9 Å². The summed E-state index contributed by atoms with van der Waals surface area (Å²) < 4.78 is 7.24. The lowest BCUT2D eigenvalue weighted by Crippen LogP contribution is -2.38. The molecule has 0 aliphatic heterocycles. The Morgan fingerprint density at radius 2 is 2.00 bits per heavy atom. The number of hydrogen-bond acceptors (Lipinski definition) is 5. The SMILES string of the molecule is COC1CCC(NC(=O)c2cnn3ccc(C4=CCCCc5nc(C6CC6)ncc54)cc23)CC1. The summed E-state index contributed by atoms with van der Waals surface area (Å²) in [5, 5.41) is 7.66. The highest BCUT2D eigenvalue weighted by Gasteiger charge is 2.28. The van der Waals surface area contributed by atoms with Gasteiger partial charge >= 0.3 is 0 Å². The highest BCUT2D eigenvalue weighted by atomic mass is 16.5. The van der Waals surface area contributed by atoms with Gasteiger partial charge in [0.15, 0.2) is 0 Å². The first-order valence-corrected chi connectivity index (χ1v) is 12.6. The topological polar surface area (TPSA) is 81.4 Å². The van der Waals surface area contributed by atoms with Crippen LogP contribution in [0.1, 0.15) is 90.3 Å². The third-order valence-electron chi connectivity index (χ3n) is 7.51. The van der Waals surface area contributed by atoms with E-state index in [1.807, 2.05) is 12.4 Å².